The maximum atomic E-state index is 12.8. The Hall–Kier alpha value is -3.81. The molecule has 0 bridgehead atoms. The topological polar surface area (TPSA) is 94.7 Å². The van der Waals surface area contributed by atoms with E-state index in [1.54, 1.807) is 0 Å². The molecule has 29 heavy (non-hydrogen) atoms. The van der Waals surface area contributed by atoms with Gasteiger partial charge in [-0.1, -0.05) is 23.4 Å². The molecule has 2 aromatic carbocycles. The fraction of sp³-hybridized carbons (Fsp3) is 0.190. The van der Waals surface area contributed by atoms with E-state index in [4.69, 9.17) is 0 Å². The maximum absolute atomic E-state index is 12.8. The molecule has 146 valence electrons. The van der Waals surface area contributed by atoms with Crippen LogP contribution in [0.5, 0.6) is 0 Å². The smallest absolute Gasteiger partial charge is 0.284 e. The van der Waals surface area contributed by atoms with Crippen LogP contribution >= 0.6 is 0 Å². The number of carbonyl (C=O) groups is 1. The molecular weight excluding hydrogens is 368 g/mol. The number of rotatable bonds is 4. The summed E-state index contributed by atoms with van der Waals surface area (Å²) in [5.74, 6) is -0.315. The average Bonchev–Trinajstić information content (AvgIpc) is 3.08. The molecule has 2 heterocycles. The Morgan fingerprint density at radius 3 is 2.52 bits per heavy atom. The molecule has 8 nitrogen and oxygen atoms in total. The minimum absolute atomic E-state index is 0.119. The van der Waals surface area contributed by atoms with E-state index < -0.39 is 5.56 Å². The minimum Gasteiger partial charge on any atom is -0.325 e. The second-order valence-electron chi connectivity index (χ2n) is 7.11. The van der Waals surface area contributed by atoms with Crippen LogP contribution in [0.2, 0.25) is 0 Å². The molecule has 0 aliphatic carbocycles. The number of aryl methyl sites for hydroxylation is 3. The minimum atomic E-state index is -0.413. The fourth-order valence-electron chi connectivity index (χ4n) is 3.29. The van der Waals surface area contributed by atoms with Gasteiger partial charge in [0.25, 0.3) is 5.56 Å². The highest BCUT2D eigenvalue weighted by molar-refractivity contribution is 5.90. The zero-order valence-corrected chi connectivity index (χ0v) is 16.4. The monoisotopic (exact) mass is 388 g/mol. The van der Waals surface area contributed by atoms with Crippen molar-refractivity contribution in [1.82, 2.24) is 24.5 Å². The van der Waals surface area contributed by atoms with E-state index in [1.807, 2.05) is 63.2 Å². The number of aromatic nitrogens is 5. The first-order chi connectivity index (χ1) is 13.9. The van der Waals surface area contributed by atoms with Gasteiger partial charge in [-0.3, -0.25) is 14.2 Å². The third-order valence-electron chi connectivity index (χ3n) is 4.50. The highest BCUT2D eigenvalue weighted by Gasteiger charge is 2.15. The molecule has 0 saturated heterocycles. The first kappa shape index (κ1) is 18.5. The summed E-state index contributed by atoms with van der Waals surface area (Å²) >= 11 is 0. The van der Waals surface area contributed by atoms with E-state index >= 15 is 0 Å². The zero-order valence-electron chi connectivity index (χ0n) is 16.4. The Morgan fingerprint density at radius 2 is 1.79 bits per heavy atom. The fourth-order valence-corrected chi connectivity index (χ4v) is 3.29. The number of hydrogen-bond acceptors (Lipinski definition) is 5. The Kier molecular flexibility index (Phi) is 4.67. The van der Waals surface area contributed by atoms with Crippen molar-refractivity contribution < 1.29 is 4.79 Å². The largest absolute Gasteiger partial charge is 0.325 e. The number of fused-ring (bicyclic) bond motifs is 1. The van der Waals surface area contributed by atoms with Gasteiger partial charge in [-0.05, 0) is 61.7 Å². The number of carbonyl (C=O) groups excluding carboxylic acids is 1. The molecule has 0 saturated carbocycles. The van der Waals surface area contributed by atoms with Crippen LogP contribution in [0.4, 0.5) is 5.69 Å². The van der Waals surface area contributed by atoms with Crippen LogP contribution in [0.3, 0.4) is 0 Å². The van der Waals surface area contributed by atoms with Crippen molar-refractivity contribution in [3.63, 3.8) is 0 Å². The first-order valence-corrected chi connectivity index (χ1v) is 9.17. The van der Waals surface area contributed by atoms with Gasteiger partial charge in [0.05, 0.1) is 5.69 Å². The predicted octanol–water partition coefficient (Wildman–Crippen LogP) is 2.54. The molecule has 0 aliphatic rings. The number of hydrogen-bond donors (Lipinski definition) is 1. The van der Waals surface area contributed by atoms with Crippen molar-refractivity contribution in [2.24, 2.45) is 0 Å². The summed E-state index contributed by atoms with van der Waals surface area (Å²) in [5, 5.41) is 10.9. The third-order valence-corrected chi connectivity index (χ3v) is 4.50. The Morgan fingerprint density at radius 1 is 1.03 bits per heavy atom. The van der Waals surface area contributed by atoms with Gasteiger partial charge in [-0.15, -0.1) is 5.10 Å². The Labute approximate surface area is 166 Å². The van der Waals surface area contributed by atoms with Crippen molar-refractivity contribution >= 4 is 22.8 Å². The summed E-state index contributed by atoms with van der Waals surface area (Å²) in [6.07, 6.45) is 1.35. The van der Waals surface area contributed by atoms with Gasteiger partial charge in [0, 0.05) is 5.69 Å². The van der Waals surface area contributed by atoms with E-state index in [-0.39, 0.29) is 18.0 Å². The highest BCUT2D eigenvalue weighted by atomic mass is 16.2. The van der Waals surface area contributed by atoms with Crippen LogP contribution < -0.4 is 10.9 Å². The number of nitrogens with one attached hydrogen (secondary N) is 1. The normalized spacial score (nSPS) is 11.0. The predicted molar refractivity (Wildman–Crippen MR) is 110 cm³/mol. The Bertz CT molecular complexity index is 1270. The van der Waals surface area contributed by atoms with Crippen molar-refractivity contribution in [3.8, 4) is 5.69 Å². The number of benzene rings is 2. The third kappa shape index (κ3) is 3.77. The number of anilines is 1. The van der Waals surface area contributed by atoms with Crippen LogP contribution in [0.25, 0.3) is 16.9 Å². The summed E-state index contributed by atoms with van der Waals surface area (Å²) in [7, 11) is 0. The maximum Gasteiger partial charge on any atom is 0.284 e. The quantitative estimate of drug-likeness (QED) is 0.580. The molecule has 4 aromatic rings. The summed E-state index contributed by atoms with van der Waals surface area (Å²) in [6.45, 7) is 5.73. The van der Waals surface area contributed by atoms with Gasteiger partial charge in [-0.2, -0.15) is 4.68 Å². The first-order valence-electron chi connectivity index (χ1n) is 9.17. The molecule has 0 spiro atoms. The van der Waals surface area contributed by atoms with Crippen LogP contribution in [-0.4, -0.2) is 30.5 Å². The molecule has 1 amide bonds. The lowest BCUT2D eigenvalue weighted by molar-refractivity contribution is -0.116. The van der Waals surface area contributed by atoms with Gasteiger partial charge in [-0.25, -0.2) is 4.98 Å². The van der Waals surface area contributed by atoms with Gasteiger partial charge >= 0.3 is 0 Å². The van der Waals surface area contributed by atoms with Crippen LogP contribution in [0.1, 0.15) is 16.7 Å². The highest BCUT2D eigenvalue weighted by Crippen LogP contribution is 2.15. The molecule has 8 heteroatoms. The van der Waals surface area contributed by atoms with Gasteiger partial charge in [0.15, 0.2) is 11.2 Å². The summed E-state index contributed by atoms with van der Waals surface area (Å²) in [5.41, 5.74) is 4.68. The molecule has 0 aliphatic heterocycles. The van der Waals surface area contributed by atoms with E-state index in [9.17, 15) is 9.59 Å². The lowest BCUT2D eigenvalue weighted by atomic mass is 10.1. The number of amides is 1. The number of nitrogens with zero attached hydrogens (tertiary/aromatic N) is 5. The lowest BCUT2D eigenvalue weighted by Gasteiger charge is -2.09. The average molecular weight is 388 g/mol. The van der Waals surface area contributed by atoms with Crippen molar-refractivity contribution in [2.45, 2.75) is 27.3 Å². The standard InChI is InChI=1S/C21H20N6O2/c1-13-5-4-6-17(10-13)27-20-19(24-25-27)21(29)26(12-22-20)11-18(28)23-16-8-14(2)7-15(3)9-16/h4-10,12H,11H2,1-3H3,(H,23,28). The summed E-state index contributed by atoms with van der Waals surface area (Å²) in [4.78, 5) is 29.5. The van der Waals surface area contributed by atoms with Crippen molar-refractivity contribution in [3.05, 3.63) is 75.8 Å². The molecule has 0 radical (unpaired) electrons. The molecule has 0 unspecified atom stereocenters. The second-order valence-corrected chi connectivity index (χ2v) is 7.11. The van der Waals surface area contributed by atoms with E-state index in [2.05, 4.69) is 20.6 Å². The molecule has 2 aromatic heterocycles. The van der Waals surface area contributed by atoms with Gasteiger partial charge < -0.3 is 5.32 Å². The summed E-state index contributed by atoms with van der Waals surface area (Å²) in [6, 6.07) is 13.4. The molecule has 4 rings (SSSR count). The zero-order chi connectivity index (χ0) is 20.5. The van der Waals surface area contributed by atoms with E-state index in [0.29, 0.717) is 11.3 Å². The lowest BCUT2D eigenvalue weighted by Crippen LogP contribution is -2.28. The molecular formula is C21H20N6O2. The van der Waals surface area contributed by atoms with Crippen LogP contribution in [0, 0.1) is 20.8 Å². The van der Waals surface area contributed by atoms with Gasteiger partial charge in [0.2, 0.25) is 5.91 Å². The van der Waals surface area contributed by atoms with E-state index in [1.165, 1.54) is 15.6 Å². The van der Waals surface area contributed by atoms with Crippen LogP contribution in [-0.2, 0) is 11.3 Å². The molecule has 0 atom stereocenters. The summed E-state index contributed by atoms with van der Waals surface area (Å²) < 4.78 is 2.75. The Balaban J connectivity index is 1.61. The SMILES string of the molecule is Cc1cc(C)cc(NC(=O)Cn2cnc3c(nnn3-c3cccc(C)c3)c2=O)c1. The molecule has 1 N–H and O–H groups in total. The molecule has 0 fully saturated rings. The second kappa shape index (κ2) is 7.31. The van der Waals surface area contributed by atoms with Crippen molar-refractivity contribution in [1.29, 1.82) is 0 Å². The van der Waals surface area contributed by atoms with Gasteiger partial charge in [0.1, 0.15) is 12.9 Å². The van der Waals surface area contributed by atoms with E-state index in [0.717, 1.165) is 22.4 Å². The van der Waals surface area contributed by atoms with Crippen molar-refractivity contribution in [2.75, 3.05) is 5.32 Å². The van der Waals surface area contributed by atoms with Crippen LogP contribution in [0.15, 0.2) is 53.6 Å².